The van der Waals surface area contributed by atoms with Crippen LogP contribution in [0.5, 0.6) is 0 Å². The van der Waals surface area contributed by atoms with Crippen molar-refractivity contribution < 1.29 is 9.59 Å². The molecule has 0 unspecified atom stereocenters. The summed E-state index contributed by atoms with van der Waals surface area (Å²) in [6.07, 6.45) is 1.81. The third kappa shape index (κ3) is 3.69. The topological polar surface area (TPSA) is 50.6 Å². The van der Waals surface area contributed by atoms with Crippen LogP contribution in [0.4, 0.5) is 5.69 Å². The van der Waals surface area contributed by atoms with E-state index in [-0.39, 0.29) is 0 Å². The van der Waals surface area contributed by atoms with Crippen LogP contribution in [0.25, 0.3) is 16.6 Å². The lowest BCUT2D eigenvalue weighted by Crippen LogP contribution is -2.24. The zero-order chi connectivity index (χ0) is 20.4. The maximum absolute atomic E-state index is 13.2. The Bertz CT molecular complexity index is 1170. The van der Waals surface area contributed by atoms with Crippen LogP contribution in [0.15, 0.2) is 85.1 Å². The number of Topliss-reactive ketones (excluding diaryl/α,β-unsaturated/α-hetero) is 1. The van der Waals surface area contributed by atoms with Crippen LogP contribution in [-0.4, -0.2) is 16.1 Å². The first kappa shape index (κ1) is 18.7. The van der Waals surface area contributed by atoms with Gasteiger partial charge in [-0.1, -0.05) is 62.4 Å². The standard InChI is InChI=1S/C25H22N2O2/c1-17(2)18-11-13-20(14-12-18)26-25(29)24(28)23-22(19-8-4-3-5-9-19)16-21-10-6-7-15-27(21)23/h3-17H,1-2H3,(H,26,29). The summed E-state index contributed by atoms with van der Waals surface area (Å²) in [7, 11) is 0. The number of hydrogen-bond donors (Lipinski definition) is 1. The lowest BCUT2D eigenvalue weighted by Gasteiger charge is -2.09. The lowest BCUT2D eigenvalue weighted by molar-refractivity contribution is -0.112. The molecule has 29 heavy (non-hydrogen) atoms. The van der Waals surface area contributed by atoms with Gasteiger partial charge in [0.15, 0.2) is 0 Å². The van der Waals surface area contributed by atoms with E-state index in [0.717, 1.165) is 16.6 Å². The fraction of sp³-hybridized carbons (Fsp3) is 0.120. The van der Waals surface area contributed by atoms with Crippen LogP contribution in [0.3, 0.4) is 0 Å². The van der Waals surface area contributed by atoms with Gasteiger partial charge < -0.3 is 9.72 Å². The van der Waals surface area contributed by atoms with Gasteiger partial charge in [0.25, 0.3) is 11.7 Å². The highest BCUT2D eigenvalue weighted by Crippen LogP contribution is 2.28. The monoisotopic (exact) mass is 382 g/mol. The van der Waals surface area contributed by atoms with E-state index in [1.165, 1.54) is 5.56 Å². The first-order chi connectivity index (χ1) is 14.0. The molecule has 0 saturated heterocycles. The molecule has 0 saturated carbocycles. The fourth-order valence-corrected chi connectivity index (χ4v) is 3.44. The molecule has 0 fully saturated rings. The van der Waals surface area contributed by atoms with E-state index >= 15 is 0 Å². The molecule has 2 aromatic heterocycles. The van der Waals surface area contributed by atoms with Crippen molar-refractivity contribution in [3.8, 4) is 11.1 Å². The molecule has 2 aromatic carbocycles. The number of nitrogens with zero attached hydrogens (tertiary/aromatic N) is 1. The second-order valence-corrected chi connectivity index (χ2v) is 7.33. The minimum Gasteiger partial charge on any atom is -0.319 e. The van der Waals surface area contributed by atoms with Crippen molar-refractivity contribution in [2.75, 3.05) is 5.32 Å². The summed E-state index contributed by atoms with van der Waals surface area (Å²) in [5.74, 6) is -0.812. The Balaban J connectivity index is 1.70. The molecule has 4 heteroatoms. The molecule has 4 rings (SSSR count). The molecule has 144 valence electrons. The van der Waals surface area contributed by atoms with Gasteiger partial charge in [-0.2, -0.15) is 0 Å². The number of anilines is 1. The van der Waals surface area contributed by atoms with Crippen LogP contribution in [-0.2, 0) is 4.79 Å². The van der Waals surface area contributed by atoms with E-state index in [0.29, 0.717) is 17.3 Å². The summed E-state index contributed by atoms with van der Waals surface area (Å²) in [5.41, 5.74) is 4.65. The molecule has 2 heterocycles. The van der Waals surface area contributed by atoms with E-state index < -0.39 is 11.7 Å². The maximum Gasteiger partial charge on any atom is 0.298 e. The number of pyridine rings is 1. The molecule has 4 nitrogen and oxygen atoms in total. The zero-order valence-electron chi connectivity index (χ0n) is 16.4. The van der Waals surface area contributed by atoms with Crippen LogP contribution in [0, 0.1) is 0 Å². The Hall–Kier alpha value is -3.66. The van der Waals surface area contributed by atoms with Crippen LogP contribution >= 0.6 is 0 Å². The maximum atomic E-state index is 13.2. The fourth-order valence-electron chi connectivity index (χ4n) is 3.44. The number of aromatic nitrogens is 1. The van der Waals surface area contributed by atoms with Crippen molar-refractivity contribution in [2.45, 2.75) is 19.8 Å². The molecule has 1 N–H and O–H groups in total. The smallest absolute Gasteiger partial charge is 0.298 e. The van der Waals surface area contributed by atoms with Gasteiger partial charge in [0, 0.05) is 23.0 Å². The first-order valence-corrected chi connectivity index (χ1v) is 9.66. The van der Waals surface area contributed by atoms with E-state index in [1.54, 1.807) is 10.6 Å². The summed E-state index contributed by atoms with van der Waals surface area (Å²) >= 11 is 0. The van der Waals surface area contributed by atoms with Crippen molar-refractivity contribution in [2.24, 2.45) is 0 Å². The number of benzene rings is 2. The molecule has 0 spiro atoms. The van der Waals surface area contributed by atoms with Crippen molar-refractivity contribution >= 4 is 22.9 Å². The molecule has 0 radical (unpaired) electrons. The summed E-state index contributed by atoms with van der Waals surface area (Å²) in [6.45, 7) is 4.22. The number of amides is 1. The average molecular weight is 382 g/mol. The second-order valence-electron chi connectivity index (χ2n) is 7.33. The number of fused-ring (bicyclic) bond motifs is 1. The van der Waals surface area contributed by atoms with Crippen LogP contribution in [0.1, 0.15) is 35.8 Å². The highest BCUT2D eigenvalue weighted by Gasteiger charge is 2.24. The summed E-state index contributed by atoms with van der Waals surface area (Å²) in [4.78, 5) is 25.9. The van der Waals surface area contributed by atoms with Gasteiger partial charge in [-0.15, -0.1) is 0 Å². The number of carbonyl (C=O) groups is 2. The molecule has 0 bridgehead atoms. The predicted molar refractivity (Wildman–Crippen MR) is 116 cm³/mol. The lowest BCUT2D eigenvalue weighted by atomic mass is 10.0. The Labute approximate surface area is 169 Å². The Kier molecular flexibility index (Phi) is 5.00. The van der Waals surface area contributed by atoms with Crippen molar-refractivity contribution in [3.63, 3.8) is 0 Å². The van der Waals surface area contributed by atoms with Gasteiger partial charge in [0.1, 0.15) is 5.69 Å². The van der Waals surface area contributed by atoms with E-state index in [1.807, 2.05) is 78.9 Å². The minimum absolute atomic E-state index is 0.364. The molecule has 0 aliphatic heterocycles. The second kappa shape index (κ2) is 7.76. The normalized spacial score (nSPS) is 11.0. The zero-order valence-corrected chi connectivity index (χ0v) is 16.4. The Morgan fingerprint density at radius 2 is 1.55 bits per heavy atom. The number of rotatable bonds is 5. The molecule has 4 aromatic rings. The van der Waals surface area contributed by atoms with Gasteiger partial charge in [-0.05, 0) is 47.4 Å². The Morgan fingerprint density at radius 1 is 0.862 bits per heavy atom. The molecule has 0 aliphatic rings. The number of hydrogen-bond acceptors (Lipinski definition) is 2. The first-order valence-electron chi connectivity index (χ1n) is 9.66. The number of carbonyl (C=O) groups excluding carboxylic acids is 2. The summed E-state index contributed by atoms with van der Waals surface area (Å²) in [5, 5.41) is 2.74. The van der Waals surface area contributed by atoms with Gasteiger partial charge in [0.2, 0.25) is 0 Å². The molecule has 0 aliphatic carbocycles. The van der Waals surface area contributed by atoms with E-state index in [9.17, 15) is 9.59 Å². The number of nitrogens with one attached hydrogen (secondary N) is 1. The van der Waals surface area contributed by atoms with Crippen LogP contribution in [0.2, 0.25) is 0 Å². The average Bonchev–Trinajstić information content (AvgIpc) is 3.13. The third-order valence-electron chi connectivity index (χ3n) is 5.02. The van der Waals surface area contributed by atoms with Gasteiger partial charge in [-0.3, -0.25) is 9.59 Å². The third-order valence-corrected chi connectivity index (χ3v) is 5.02. The van der Waals surface area contributed by atoms with Gasteiger partial charge in [-0.25, -0.2) is 0 Å². The molecule has 1 amide bonds. The van der Waals surface area contributed by atoms with Crippen molar-refractivity contribution in [3.05, 3.63) is 96.3 Å². The number of ketones is 1. The highest BCUT2D eigenvalue weighted by molar-refractivity contribution is 6.47. The molecular weight excluding hydrogens is 360 g/mol. The largest absolute Gasteiger partial charge is 0.319 e. The summed E-state index contributed by atoms with van der Waals surface area (Å²) < 4.78 is 1.77. The van der Waals surface area contributed by atoms with E-state index in [2.05, 4.69) is 19.2 Å². The predicted octanol–water partition coefficient (Wildman–Crippen LogP) is 5.55. The van der Waals surface area contributed by atoms with E-state index in [4.69, 9.17) is 0 Å². The Morgan fingerprint density at radius 3 is 2.24 bits per heavy atom. The summed E-state index contributed by atoms with van der Waals surface area (Å²) in [6, 6.07) is 24.8. The van der Waals surface area contributed by atoms with Gasteiger partial charge in [0.05, 0.1) is 0 Å². The molecular formula is C25H22N2O2. The van der Waals surface area contributed by atoms with Crippen LogP contribution < -0.4 is 5.32 Å². The highest BCUT2D eigenvalue weighted by atomic mass is 16.2. The molecule has 0 atom stereocenters. The van der Waals surface area contributed by atoms with Crippen molar-refractivity contribution in [1.29, 1.82) is 0 Å². The SMILES string of the molecule is CC(C)c1ccc(NC(=O)C(=O)c2c(-c3ccccc3)cc3ccccn23)cc1. The van der Waals surface area contributed by atoms with Gasteiger partial charge >= 0.3 is 0 Å². The quantitative estimate of drug-likeness (QED) is 0.363. The van der Waals surface area contributed by atoms with Crippen molar-refractivity contribution in [1.82, 2.24) is 4.40 Å². The minimum atomic E-state index is -0.650.